The lowest BCUT2D eigenvalue weighted by Crippen LogP contribution is -2.39. The van der Waals surface area contributed by atoms with Gasteiger partial charge in [0.2, 0.25) is 0 Å². The lowest BCUT2D eigenvalue weighted by Gasteiger charge is -2.23. The van der Waals surface area contributed by atoms with Crippen molar-refractivity contribution in [3.05, 3.63) is 83.3 Å². The maximum atomic E-state index is 14.2. The highest BCUT2D eigenvalue weighted by atomic mass is 19.1. The largest absolute Gasteiger partial charge is 0.340 e. The van der Waals surface area contributed by atoms with Gasteiger partial charge in [0.05, 0.1) is 28.4 Å². The van der Waals surface area contributed by atoms with Crippen LogP contribution in [0.1, 0.15) is 28.8 Å². The summed E-state index contributed by atoms with van der Waals surface area (Å²) in [7, 11) is 1.67. The number of fused-ring (bicyclic) bond motifs is 1. The molecule has 0 bridgehead atoms. The molecule has 0 saturated carbocycles. The van der Waals surface area contributed by atoms with Crippen molar-refractivity contribution in [1.82, 2.24) is 20.2 Å². The highest BCUT2D eigenvalue weighted by Crippen LogP contribution is 2.32. The van der Waals surface area contributed by atoms with Gasteiger partial charge in [-0.05, 0) is 67.4 Å². The van der Waals surface area contributed by atoms with E-state index in [0.29, 0.717) is 23.3 Å². The summed E-state index contributed by atoms with van der Waals surface area (Å²) >= 11 is 0. The Labute approximate surface area is 211 Å². The molecule has 0 aliphatic carbocycles. The van der Waals surface area contributed by atoms with E-state index in [-0.39, 0.29) is 39.7 Å². The molecule has 9 heteroatoms. The maximum Gasteiger partial charge on any atom is 0.256 e. The van der Waals surface area contributed by atoms with E-state index in [1.165, 1.54) is 18.3 Å². The molecule has 0 radical (unpaired) electrons. The number of halogens is 3. The number of likely N-dealkylation sites (N-methyl/N-ethyl adjacent to an activating group) is 1. The van der Waals surface area contributed by atoms with Crippen molar-refractivity contribution >= 4 is 16.9 Å². The summed E-state index contributed by atoms with van der Waals surface area (Å²) in [6.07, 6.45) is 3.35. The number of nitriles is 1. The first-order chi connectivity index (χ1) is 17.8. The quantitative estimate of drug-likeness (QED) is 0.413. The van der Waals surface area contributed by atoms with Crippen LogP contribution in [0.15, 0.2) is 54.7 Å². The Morgan fingerprint density at radius 2 is 1.81 bits per heavy atom. The summed E-state index contributed by atoms with van der Waals surface area (Å²) in [6.45, 7) is 1.32. The number of rotatable bonds is 5. The lowest BCUT2D eigenvalue weighted by molar-refractivity contribution is 0.0786. The minimum Gasteiger partial charge on any atom is -0.340 e. The van der Waals surface area contributed by atoms with Crippen LogP contribution in [0.5, 0.6) is 0 Å². The van der Waals surface area contributed by atoms with Crippen LogP contribution in [0, 0.1) is 28.8 Å². The van der Waals surface area contributed by atoms with E-state index in [0.717, 1.165) is 43.7 Å². The Balaban J connectivity index is 1.71. The zero-order valence-corrected chi connectivity index (χ0v) is 19.9. The molecular weight excluding hydrogens is 479 g/mol. The molecule has 186 valence electrons. The van der Waals surface area contributed by atoms with Crippen LogP contribution in [-0.4, -0.2) is 47.0 Å². The number of benzene rings is 2. The molecule has 1 aliphatic heterocycles. The van der Waals surface area contributed by atoms with Gasteiger partial charge >= 0.3 is 0 Å². The number of carbonyl (C=O) groups excluding carboxylic acids is 1. The first-order valence-corrected chi connectivity index (χ1v) is 11.8. The fourth-order valence-corrected chi connectivity index (χ4v) is 4.69. The van der Waals surface area contributed by atoms with Crippen molar-refractivity contribution in [2.45, 2.75) is 18.9 Å². The van der Waals surface area contributed by atoms with Crippen LogP contribution < -0.4 is 5.32 Å². The predicted octanol–water partition coefficient (Wildman–Crippen LogP) is 5.08. The van der Waals surface area contributed by atoms with Gasteiger partial charge in [-0.2, -0.15) is 5.26 Å². The van der Waals surface area contributed by atoms with Crippen molar-refractivity contribution in [2.75, 3.05) is 20.1 Å². The van der Waals surface area contributed by atoms with Crippen LogP contribution in [-0.2, 0) is 0 Å². The van der Waals surface area contributed by atoms with Crippen LogP contribution in [0.2, 0.25) is 0 Å². The molecule has 1 fully saturated rings. The van der Waals surface area contributed by atoms with E-state index in [1.807, 2.05) is 6.07 Å². The van der Waals surface area contributed by atoms with Crippen LogP contribution in [0.25, 0.3) is 33.4 Å². The first-order valence-electron chi connectivity index (χ1n) is 11.8. The van der Waals surface area contributed by atoms with Crippen LogP contribution in [0.3, 0.4) is 0 Å². The third-order valence-corrected chi connectivity index (χ3v) is 6.43. The molecule has 1 aliphatic rings. The lowest BCUT2D eigenvalue weighted by atomic mass is 9.98. The third kappa shape index (κ3) is 5.01. The molecule has 4 aromatic rings. The van der Waals surface area contributed by atoms with Gasteiger partial charge in [-0.1, -0.05) is 0 Å². The van der Waals surface area contributed by atoms with E-state index in [4.69, 9.17) is 0 Å². The summed E-state index contributed by atoms with van der Waals surface area (Å²) in [5.41, 5.74) is 1.89. The SMILES string of the molecule is CN(C[C@@H]1CCCN1)C(=O)c1c(-c2cc(F)cc(F)c2)cnc2ccc(-c3cc(F)cc(C#N)c3)nc12. The summed E-state index contributed by atoms with van der Waals surface area (Å²) in [5, 5.41) is 12.6. The van der Waals surface area contributed by atoms with Crippen molar-refractivity contribution in [1.29, 1.82) is 5.26 Å². The van der Waals surface area contributed by atoms with Crippen molar-refractivity contribution in [3.63, 3.8) is 0 Å². The number of hydrogen-bond acceptors (Lipinski definition) is 5. The van der Waals surface area contributed by atoms with Gasteiger partial charge in [-0.15, -0.1) is 0 Å². The Kier molecular flexibility index (Phi) is 6.59. The van der Waals surface area contributed by atoms with E-state index in [2.05, 4.69) is 15.3 Å². The Hall–Kier alpha value is -4.29. The number of nitrogens with one attached hydrogen (secondary N) is 1. The topological polar surface area (TPSA) is 81.9 Å². The van der Waals surface area contributed by atoms with E-state index in [9.17, 15) is 23.2 Å². The fraction of sp³-hybridized carbons (Fsp3) is 0.214. The highest BCUT2D eigenvalue weighted by molar-refractivity contribution is 6.10. The van der Waals surface area contributed by atoms with Gasteiger partial charge in [0, 0.05) is 43.0 Å². The van der Waals surface area contributed by atoms with Gasteiger partial charge in [0.15, 0.2) is 0 Å². The van der Waals surface area contributed by atoms with Crippen LogP contribution >= 0.6 is 0 Å². The normalized spacial score (nSPS) is 15.1. The summed E-state index contributed by atoms with van der Waals surface area (Å²) < 4.78 is 42.4. The van der Waals surface area contributed by atoms with Gasteiger partial charge in [-0.25, -0.2) is 18.2 Å². The fourth-order valence-electron chi connectivity index (χ4n) is 4.69. The number of aromatic nitrogens is 2. The molecule has 1 saturated heterocycles. The second-order valence-corrected chi connectivity index (χ2v) is 9.09. The highest BCUT2D eigenvalue weighted by Gasteiger charge is 2.26. The Bertz CT molecular complexity index is 1540. The number of amides is 1. The maximum absolute atomic E-state index is 14.2. The average Bonchev–Trinajstić information content (AvgIpc) is 3.39. The second kappa shape index (κ2) is 9.99. The summed E-state index contributed by atoms with van der Waals surface area (Å²) in [5.74, 6) is -2.56. The number of hydrogen-bond donors (Lipinski definition) is 1. The smallest absolute Gasteiger partial charge is 0.256 e. The molecule has 2 aromatic heterocycles. The molecule has 5 rings (SSSR count). The standard InChI is InChI=1S/C28H22F3N5O/c1-36(15-22-3-2-6-33-22)28(37)26-23(17-9-20(30)12-21(31)10-17)14-34-25-5-4-24(35-27(25)26)18-7-16(13-32)8-19(29)11-18/h4-5,7-12,14,22,33H,2-3,6,15H2,1H3/t22-/m0/s1. The molecular formula is C28H22F3N5O. The molecule has 1 amide bonds. The van der Waals surface area contributed by atoms with Gasteiger partial charge in [0.25, 0.3) is 5.91 Å². The molecule has 0 spiro atoms. The van der Waals surface area contributed by atoms with E-state index >= 15 is 0 Å². The van der Waals surface area contributed by atoms with E-state index < -0.39 is 17.5 Å². The predicted molar refractivity (Wildman–Crippen MR) is 133 cm³/mol. The molecule has 1 atom stereocenters. The van der Waals surface area contributed by atoms with Crippen molar-refractivity contribution in [3.8, 4) is 28.5 Å². The summed E-state index contributed by atoms with van der Waals surface area (Å²) in [6, 6.07) is 12.2. The van der Waals surface area contributed by atoms with Gasteiger partial charge in [0.1, 0.15) is 23.0 Å². The average molecular weight is 502 g/mol. The Morgan fingerprint density at radius 3 is 2.51 bits per heavy atom. The molecule has 0 unspecified atom stereocenters. The molecule has 37 heavy (non-hydrogen) atoms. The van der Waals surface area contributed by atoms with E-state index in [1.54, 1.807) is 24.1 Å². The van der Waals surface area contributed by atoms with Gasteiger partial charge < -0.3 is 10.2 Å². The number of carbonyl (C=O) groups is 1. The van der Waals surface area contributed by atoms with Crippen molar-refractivity contribution < 1.29 is 18.0 Å². The minimum absolute atomic E-state index is 0.124. The first kappa shape index (κ1) is 24.4. The molecule has 1 N–H and O–H groups in total. The zero-order chi connectivity index (χ0) is 26.1. The third-order valence-electron chi connectivity index (χ3n) is 6.43. The number of pyridine rings is 2. The Morgan fingerprint density at radius 1 is 1.08 bits per heavy atom. The number of nitrogens with zero attached hydrogens (tertiary/aromatic N) is 4. The second-order valence-electron chi connectivity index (χ2n) is 9.09. The summed E-state index contributed by atoms with van der Waals surface area (Å²) in [4.78, 5) is 24.4. The van der Waals surface area contributed by atoms with Crippen LogP contribution in [0.4, 0.5) is 13.2 Å². The molecule has 2 aromatic carbocycles. The van der Waals surface area contributed by atoms with Gasteiger partial charge in [-0.3, -0.25) is 9.78 Å². The minimum atomic E-state index is -0.789. The molecule has 6 nitrogen and oxygen atoms in total. The van der Waals surface area contributed by atoms with Crippen molar-refractivity contribution in [2.24, 2.45) is 0 Å². The zero-order valence-electron chi connectivity index (χ0n) is 19.9. The molecule has 3 heterocycles. The monoisotopic (exact) mass is 501 g/mol.